The molecule has 3 heteroatoms. The average molecular weight is 250 g/mol. The van der Waals surface area contributed by atoms with Crippen molar-refractivity contribution in [2.24, 2.45) is 5.73 Å². The zero-order chi connectivity index (χ0) is 13.1. The molecule has 2 rings (SSSR count). The summed E-state index contributed by atoms with van der Waals surface area (Å²) in [7, 11) is 0. The number of hydrogen-bond donors (Lipinski definition) is 1. The number of halogens is 1. The zero-order valence-electron chi connectivity index (χ0n) is 11.3. The Hall–Kier alpha value is -0.930. The maximum absolute atomic E-state index is 13.4. The molecule has 0 bridgehead atoms. The number of nitrogens with two attached hydrogens (primary N) is 1. The van der Waals surface area contributed by atoms with Gasteiger partial charge >= 0.3 is 0 Å². The highest BCUT2D eigenvalue weighted by Crippen LogP contribution is 2.35. The first-order valence-electron chi connectivity index (χ1n) is 6.90. The summed E-state index contributed by atoms with van der Waals surface area (Å²) in [5.74, 6) is -0.176. The molecule has 2 unspecified atom stereocenters. The van der Waals surface area contributed by atoms with Crippen LogP contribution in [0.5, 0.6) is 0 Å². The predicted octanol–water partition coefficient (Wildman–Crippen LogP) is 3.09. The van der Waals surface area contributed by atoms with Gasteiger partial charge in [0.1, 0.15) is 5.82 Å². The highest BCUT2D eigenvalue weighted by atomic mass is 19.1. The third kappa shape index (κ3) is 3.09. The molecule has 1 aliphatic carbocycles. The van der Waals surface area contributed by atoms with Gasteiger partial charge in [0.2, 0.25) is 0 Å². The lowest BCUT2D eigenvalue weighted by Crippen LogP contribution is -2.41. The maximum Gasteiger partial charge on any atom is 0.123 e. The van der Waals surface area contributed by atoms with E-state index in [1.165, 1.54) is 18.9 Å². The molecule has 0 radical (unpaired) electrons. The summed E-state index contributed by atoms with van der Waals surface area (Å²) < 4.78 is 13.4. The Morgan fingerprint density at radius 1 is 1.44 bits per heavy atom. The van der Waals surface area contributed by atoms with Crippen LogP contribution in [0.2, 0.25) is 0 Å². The maximum atomic E-state index is 13.4. The van der Waals surface area contributed by atoms with E-state index in [2.05, 4.69) is 11.8 Å². The van der Waals surface area contributed by atoms with E-state index in [4.69, 9.17) is 5.73 Å². The van der Waals surface area contributed by atoms with Crippen molar-refractivity contribution >= 4 is 0 Å². The zero-order valence-corrected chi connectivity index (χ0v) is 11.3. The minimum Gasteiger partial charge on any atom is -0.326 e. The topological polar surface area (TPSA) is 29.3 Å². The normalized spacial score (nSPS) is 18.9. The molecule has 1 aliphatic rings. The van der Waals surface area contributed by atoms with E-state index in [9.17, 15) is 4.39 Å². The second-order valence-electron chi connectivity index (χ2n) is 5.33. The van der Waals surface area contributed by atoms with E-state index in [-0.39, 0.29) is 17.9 Å². The fourth-order valence-corrected chi connectivity index (χ4v) is 2.70. The summed E-state index contributed by atoms with van der Waals surface area (Å²) in [4.78, 5) is 2.46. The van der Waals surface area contributed by atoms with Crippen LogP contribution in [0.4, 0.5) is 4.39 Å². The van der Waals surface area contributed by atoms with E-state index < -0.39 is 0 Å². The third-order valence-electron chi connectivity index (χ3n) is 3.54. The van der Waals surface area contributed by atoms with Crippen LogP contribution in [0.1, 0.15) is 44.7 Å². The van der Waals surface area contributed by atoms with Gasteiger partial charge in [0.05, 0.1) is 0 Å². The van der Waals surface area contributed by atoms with Gasteiger partial charge in [-0.2, -0.15) is 0 Å². The van der Waals surface area contributed by atoms with Crippen LogP contribution in [0, 0.1) is 5.82 Å². The van der Waals surface area contributed by atoms with Crippen molar-refractivity contribution in [3.63, 3.8) is 0 Å². The molecule has 1 aromatic rings. The third-order valence-corrected chi connectivity index (χ3v) is 3.54. The minimum atomic E-state index is -0.176. The van der Waals surface area contributed by atoms with Crippen molar-refractivity contribution in [3.8, 4) is 0 Å². The van der Waals surface area contributed by atoms with Gasteiger partial charge < -0.3 is 5.73 Å². The van der Waals surface area contributed by atoms with Gasteiger partial charge in [-0.3, -0.25) is 4.90 Å². The van der Waals surface area contributed by atoms with Crippen molar-refractivity contribution in [1.82, 2.24) is 4.90 Å². The summed E-state index contributed by atoms with van der Waals surface area (Å²) >= 11 is 0. The first-order chi connectivity index (χ1) is 8.63. The van der Waals surface area contributed by atoms with Gasteiger partial charge in [-0.05, 0) is 50.4 Å². The van der Waals surface area contributed by atoms with Crippen LogP contribution in [0.25, 0.3) is 0 Å². The monoisotopic (exact) mass is 250 g/mol. The summed E-state index contributed by atoms with van der Waals surface area (Å²) in [6.45, 7) is 5.23. The molecule has 0 heterocycles. The van der Waals surface area contributed by atoms with E-state index in [0.29, 0.717) is 6.04 Å². The molecule has 18 heavy (non-hydrogen) atoms. The smallest absolute Gasteiger partial charge is 0.123 e. The van der Waals surface area contributed by atoms with E-state index >= 15 is 0 Å². The van der Waals surface area contributed by atoms with Gasteiger partial charge in [0, 0.05) is 18.1 Å². The molecule has 1 fully saturated rings. The number of nitrogens with zero attached hydrogens (tertiary/aromatic N) is 1. The molecule has 0 spiro atoms. The van der Waals surface area contributed by atoms with Crippen molar-refractivity contribution < 1.29 is 4.39 Å². The summed E-state index contributed by atoms with van der Waals surface area (Å²) in [5, 5.41) is 0. The van der Waals surface area contributed by atoms with E-state index in [1.54, 1.807) is 12.1 Å². The molecule has 1 aromatic carbocycles. The van der Waals surface area contributed by atoms with Crippen LogP contribution in [-0.4, -0.2) is 23.5 Å². The van der Waals surface area contributed by atoms with Gasteiger partial charge in [0.25, 0.3) is 0 Å². The average Bonchev–Trinajstić information content (AvgIpc) is 3.11. The van der Waals surface area contributed by atoms with E-state index in [0.717, 1.165) is 18.5 Å². The van der Waals surface area contributed by atoms with Crippen molar-refractivity contribution in [3.05, 3.63) is 35.6 Å². The largest absolute Gasteiger partial charge is 0.326 e. The highest BCUT2D eigenvalue weighted by Gasteiger charge is 2.35. The second-order valence-corrected chi connectivity index (χ2v) is 5.33. The van der Waals surface area contributed by atoms with Gasteiger partial charge in [-0.15, -0.1) is 0 Å². The van der Waals surface area contributed by atoms with Gasteiger partial charge in [-0.1, -0.05) is 19.1 Å². The first kappa shape index (κ1) is 13.5. The quantitative estimate of drug-likeness (QED) is 0.840. The Bertz CT molecular complexity index is 388. The molecule has 2 N–H and O–H groups in total. The van der Waals surface area contributed by atoms with E-state index in [1.807, 2.05) is 13.0 Å². The molecule has 2 atom stereocenters. The molecule has 0 saturated heterocycles. The number of rotatable bonds is 6. The minimum absolute atomic E-state index is 0.0129. The van der Waals surface area contributed by atoms with Crippen molar-refractivity contribution in [2.75, 3.05) is 6.54 Å². The SMILES string of the molecule is CCCN(C1CC1)C(c1cccc(F)c1)C(C)N. The number of benzene rings is 1. The molecule has 1 saturated carbocycles. The fraction of sp³-hybridized carbons (Fsp3) is 0.600. The molecular weight excluding hydrogens is 227 g/mol. The lowest BCUT2D eigenvalue weighted by molar-refractivity contribution is 0.166. The van der Waals surface area contributed by atoms with Crippen LogP contribution < -0.4 is 5.73 Å². The van der Waals surface area contributed by atoms with Crippen LogP contribution in [0.3, 0.4) is 0 Å². The Labute approximate surface area is 109 Å². The van der Waals surface area contributed by atoms with Gasteiger partial charge in [-0.25, -0.2) is 4.39 Å². The van der Waals surface area contributed by atoms with Crippen LogP contribution in [-0.2, 0) is 0 Å². The Morgan fingerprint density at radius 3 is 2.67 bits per heavy atom. The van der Waals surface area contributed by atoms with Crippen LogP contribution in [0.15, 0.2) is 24.3 Å². The highest BCUT2D eigenvalue weighted by molar-refractivity contribution is 5.22. The first-order valence-corrected chi connectivity index (χ1v) is 6.90. The second kappa shape index (κ2) is 5.81. The molecule has 0 amide bonds. The summed E-state index contributed by atoms with van der Waals surface area (Å²) in [6, 6.07) is 7.66. The van der Waals surface area contributed by atoms with Crippen molar-refractivity contribution in [1.29, 1.82) is 0 Å². The standard InChI is InChI=1S/C15H23FN2/c1-3-9-18(14-7-8-14)15(11(2)17)12-5-4-6-13(16)10-12/h4-6,10-11,14-15H,3,7-9,17H2,1-2H3. The lowest BCUT2D eigenvalue weighted by Gasteiger charge is -2.34. The Morgan fingerprint density at radius 2 is 2.17 bits per heavy atom. The molecule has 0 aromatic heterocycles. The summed E-state index contributed by atoms with van der Waals surface area (Å²) in [6.07, 6.45) is 3.60. The molecule has 0 aliphatic heterocycles. The summed E-state index contributed by atoms with van der Waals surface area (Å²) in [5.41, 5.74) is 7.16. The predicted molar refractivity (Wildman–Crippen MR) is 72.8 cm³/mol. The lowest BCUT2D eigenvalue weighted by atomic mass is 9.98. The number of hydrogen-bond acceptors (Lipinski definition) is 2. The Kier molecular flexibility index (Phi) is 4.36. The molecular formula is C15H23FN2. The molecule has 100 valence electrons. The Balaban J connectivity index is 2.25. The van der Waals surface area contributed by atoms with Gasteiger partial charge in [0.15, 0.2) is 0 Å². The fourth-order valence-electron chi connectivity index (χ4n) is 2.70. The van der Waals surface area contributed by atoms with Crippen LogP contribution >= 0.6 is 0 Å². The van der Waals surface area contributed by atoms with Crippen molar-refractivity contribution in [2.45, 2.75) is 51.2 Å². The molecule has 2 nitrogen and oxygen atoms in total.